The minimum absolute atomic E-state index is 1.10. The van der Waals surface area contributed by atoms with Gasteiger partial charge in [-0.3, -0.25) is 0 Å². The minimum Gasteiger partial charge on any atom is -0.316 e. The Labute approximate surface area is 315 Å². The zero-order valence-corrected chi connectivity index (χ0v) is 29.7. The lowest BCUT2D eigenvalue weighted by Crippen LogP contribution is -2.09. The van der Waals surface area contributed by atoms with Crippen molar-refractivity contribution in [3.63, 3.8) is 0 Å². The van der Waals surface area contributed by atoms with E-state index in [1.54, 1.807) is 0 Å². The standard InChI is InChI=1S/C52H36N2/c1-4-12-37(13-5-1)39-20-27-45(28-21-39)54(46-29-22-40(23-30-46)38-14-6-2-7-15-38)47-31-24-41(25-32-47)44-34-35-53-49-33-26-42-16-10-11-19-48(42)52(49)51(50(53)36-44)43-17-8-3-9-18-43/h1-36H. The maximum atomic E-state index is 2.36. The van der Waals surface area contributed by atoms with Gasteiger partial charge in [0.15, 0.2) is 0 Å². The van der Waals surface area contributed by atoms with E-state index in [0.717, 1.165) is 17.1 Å². The number of rotatable bonds is 7. The van der Waals surface area contributed by atoms with Crippen LogP contribution in [0.25, 0.3) is 71.7 Å². The molecule has 0 unspecified atom stereocenters. The van der Waals surface area contributed by atoms with Crippen molar-refractivity contribution in [1.29, 1.82) is 0 Å². The van der Waals surface area contributed by atoms with Crippen LogP contribution in [0.2, 0.25) is 0 Å². The lowest BCUT2D eigenvalue weighted by molar-refractivity contribution is 1.25. The normalized spacial score (nSPS) is 11.3. The average molecular weight is 689 g/mol. The molecule has 54 heavy (non-hydrogen) atoms. The highest BCUT2D eigenvalue weighted by Crippen LogP contribution is 2.42. The Morgan fingerprint density at radius 1 is 0.315 bits per heavy atom. The van der Waals surface area contributed by atoms with Crippen LogP contribution in [0.4, 0.5) is 17.1 Å². The molecular weight excluding hydrogens is 653 g/mol. The highest BCUT2D eigenvalue weighted by atomic mass is 15.1. The second-order valence-electron chi connectivity index (χ2n) is 13.8. The molecular formula is C52H36N2. The number of hydrogen-bond acceptors (Lipinski definition) is 1. The van der Waals surface area contributed by atoms with Crippen LogP contribution in [-0.2, 0) is 0 Å². The molecule has 0 fully saturated rings. The van der Waals surface area contributed by atoms with E-state index in [0.29, 0.717) is 0 Å². The van der Waals surface area contributed by atoms with Gasteiger partial charge < -0.3 is 9.30 Å². The van der Waals surface area contributed by atoms with Crippen LogP contribution < -0.4 is 4.90 Å². The third kappa shape index (κ3) is 5.62. The second kappa shape index (κ2) is 13.4. The van der Waals surface area contributed by atoms with Crippen molar-refractivity contribution < 1.29 is 0 Å². The zero-order valence-electron chi connectivity index (χ0n) is 29.7. The first kappa shape index (κ1) is 31.6. The molecule has 0 aliphatic rings. The van der Waals surface area contributed by atoms with Crippen molar-refractivity contribution in [2.24, 2.45) is 0 Å². The van der Waals surface area contributed by atoms with Gasteiger partial charge in [-0.1, -0.05) is 158 Å². The molecule has 254 valence electrons. The van der Waals surface area contributed by atoms with Crippen LogP contribution in [0.5, 0.6) is 0 Å². The Morgan fingerprint density at radius 2 is 0.759 bits per heavy atom. The molecule has 10 aromatic rings. The molecule has 2 nitrogen and oxygen atoms in total. The molecule has 2 heteroatoms. The van der Waals surface area contributed by atoms with Gasteiger partial charge in [-0.2, -0.15) is 0 Å². The van der Waals surface area contributed by atoms with Crippen molar-refractivity contribution in [2.75, 3.05) is 4.90 Å². The summed E-state index contributed by atoms with van der Waals surface area (Å²) in [6, 6.07) is 76.5. The van der Waals surface area contributed by atoms with Gasteiger partial charge in [0, 0.05) is 34.2 Å². The van der Waals surface area contributed by atoms with Gasteiger partial charge in [-0.05, 0) is 104 Å². The van der Waals surface area contributed by atoms with E-state index in [-0.39, 0.29) is 0 Å². The third-order valence-electron chi connectivity index (χ3n) is 10.6. The molecule has 2 heterocycles. The monoisotopic (exact) mass is 688 g/mol. The minimum atomic E-state index is 1.10. The Bertz CT molecular complexity index is 2790. The van der Waals surface area contributed by atoms with E-state index >= 15 is 0 Å². The Balaban J connectivity index is 1.07. The first-order valence-corrected chi connectivity index (χ1v) is 18.5. The summed E-state index contributed by atoms with van der Waals surface area (Å²) in [5.74, 6) is 0. The van der Waals surface area contributed by atoms with Crippen LogP contribution in [0.1, 0.15) is 0 Å². The molecule has 10 rings (SSSR count). The average Bonchev–Trinajstić information content (AvgIpc) is 3.60. The van der Waals surface area contributed by atoms with Gasteiger partial charge in [0.1, 0.15) is 0 Å². The fourth-order valence-corrected chi connectivity index (χ4v) is 7.95. The van der Waals surface area contributed by atoms with Gasteiger partial charge in [0.25, 0.3) is 0 Å². The van der Waals surface area contributed by atoms with Gasteiger partial charge in [0.05, 0.1) is 11.0 Å². The van der Waals surface area contributed by atoms with Crippen LogP contribution in [0.3, 0.4) is 0 Å². The highest BCUT2D eigenvalue weighted by Gasteiger charge is 2.18. The predicted octanol–water partition coefficient (Wildman–Crippen LogP) is 14.4. The van der Waals surface area contributed by atoms with Gasteiger partial charge in [-0.15, -0.1) is 0 Å². The predicted molar refractivity (Wildman–Crippen MR) is 229 cm³/mol. The molecule has 0 saturated carbocycles. The third-order valence-corrected chi connectivity index (χ3v) is 10.6. The summed E-state index contributed by atoms with van der Waals surface area (Å²) in [6.45, 7) is 0. The Kier molecular flexibility index (Phi) is 7.85. The summed E-state index contributed by atoms with van der Waals surface area (Å²) < 4.78 is 2.35. The fourth-order valence-electron chi connectivity index (χ4n) is 7.95. The van der Waals surface area contributed by atoms with Crippen LogP contribution >= 0.6 is 0 Å². The number of pyridine rings is 1. The number of aromatic nitrogens is 1. The molecule has 2 aromatic heterocycles. The first-order valence-electron chi connectivity index (χ1n) is 18.5. The molecule has 8 aromatic carbocycles. The van der Waals surface area contributed by atoms with Crippen molar-refractivity contribution >= 4 is 44.3 Å². The van der Waals surface area contributed by atoms with E-state index < -0.39 is 0 Å². The smallest absolute Gasteiger partial charge is 0.0547 e. The summed E-state index contributed by atoms with van der Waals surface area (Å²) in [5, 5.41) is 3.82. The van der Waals surface area contributed by atoms with Crippen molar-refractivity contribution in [2.45, 2.75) is 0 Å². The quantitative estimate of drug-likeness (QED) is 0.162. The van der Waals surface area contributed by atoms with Gasteiger partial charge in [-0.25, -0.2) is 0 Å². The summed E-state index contributed by atoms with van der Waals surface area (Å²) in [6.07, 6.45) is 2.23. The highest BCUT2D eigenvalue weighted by molar-refractivity contribution is 6.18. The van der Waals surface area contributed by atoms with E-state index in [1.165, 1.54) is 71.7 Å². The molecule has 0 saturated heterocycles. The van der Waals surface area contributed by atoms with Crippen molar-refractivity contribution in [1.82, 2.24) is 4.40 Å². The van der Waals surface area contributed by atoms with Crippen molar-refractivity contribution in [3.8, 4) is 44.5 Å². The lowest BCUT2D eigenvalue weighted by Gasteiger charge is -2.26. The summed E-state index contributed by atoms with van der Waals surface area (Å²) >= 11 is 0. The van der Waals surface area contributed by atoms with Gasteiger partial charge in [0.2, 0.25) is 0 Å². The topological polar surface area (TPSA) is 7.65 Å². The molecule has 0 radical (unpaired) electrons. The van der Waals surface area contributed by atoms with Crippen LogP contribution in [-0.4, -0.2) is 4.40 Å². The molecule has 0 N–H and O–H groups in total. The van der Waals surface area contributed by atoms with Crippen molar-refractivity contribution in [3.05, 3.63) is 219 Å². The summed E-state index contributed by atoms with van der Waals surface area (Å²) in [7, 11) is 0. The molecule has 0 bridgehead atoms. The number of fused-ring (bicyclic) bond motifs is 5. The fraction of sp³-hybridized carbons (Fsp3) is 0. The Morgan fingerprint density at radius 3 is 1.30 bits per heavy atom. The van der Waals surface area contributed by atoms with E-state index in [1.807, 2.05) is 0 Å². The molecule has 0 spiro atoms. The van der Waals surface area contributed by atoms with E-state index in [2.05, 4.69) is 228 Å². The number of nitrogens with zero attached hydrogens (tertiary/aromatic N) is 2. The number of hydrogen-bond donors (Lipinski definition) is 0. The molecule has 0 amide bonds. The number of anilines is 3. The maximum absolute atomic E-state index is 2.36. The number of benzene rings is 8. The molecule has 0 aliphatic heterocycles. The summed E-state index contributed by atoms with van der Waals surface area (Å²) in [4.78, 5) is 2.34. The largest absolute Gasteiger partial charge is 0.316 e. The van der Waals surface area contributed by atoms with Gasteiger partial charge >= 0.3 is 0 Å². The lowest BCUT2D eigenvalue weighted by atomic mass is 9.97. The zero-order chi connectivity index (χ0) is 35.8. The first-order chi connectivity index (χ1) is 26.8. The van der Waals surface area contributed by atoms with Crippen LogP contribution in [0, 0.1) is 0 Å². The summed E-state index contributed by atoms with van der Waals surface area (Å²) in [5.41, 5.74) is 15.4. The Hall–Kier alpha value is -7.16. The molecule has 0 aliphatic carbocycles. The van der Waals surface area contributed by atoms with Crippen LogP contribution in [0.15, 0.2) is 219 Å². The second-order valence-corrected chi connectivity index (χ2v) is 13.8. The van der Waals surface area contributed by atoms with E-state index in [4.69, 9.17) is 0 Å². The molecule has 0 atom stereocenters. The SMILES string of the molecule is c1ccc(-c2ccc(N(c3ccc(-c4ccccc4)cc3)c3ccc(-c4ccn5c(c4)c(-c4ccccc4)c4c6ccccc6ccc45)cc3)cc2)cc1. The van der Waals surface area contributed by atoms with E-state index in [9.17, 15) is 0 Å². The maximum Gasteiger partial charge on any atom is 0.0547 e.